The first-order valence-corrected chi connectivity index (χ1v) is 8.19. The minimum atomic E-state index is 0.388. The summed E-state index contributed by atoms with van der Waals surface area (Å²) < 4.78 is 0. The van der Waals surface area contributed by atoms with Crippen molar-refractivity contribution in [2.24, 2.45) is 11.8 Å². The topological polar surface area (TPSA) is 16.1 Å². The zero-order valence-electron chi connectivity index (χ0n) is 13.2. The number of piperidine rings is 3. The van der Waals surface area contributed by atoms with Gasteiger partial charge >= 0.3 is 0 Å². The summed E-state index contributed by atoms with van der Waals surface area (Å²) in [4.78, 5) is 7.58. The van der Waals surface area contributed by atoms with E-state index in [1.54, 1.807) is 5.56 Å². The van der Waals surface area contributed by atoms with Crippen LogP contribution in [0.1, 0.15) is 48.7 Å². The number of aryl methyl sites for hydroxylation is 3. The summed E-state index contributed by atoms with van der Waals surface area (Å²) in [5.41, 5.74) is 5.91. The second-order valence-electron chi connectivity index (χ2n) is 7.70. The molecule has 1 aromatic heterocycles. The van der Waals surface area contributed by atoms with Crippen LogP contribution in [0.4, 0.5) is 0 Å². The van der Waals surface area contributed by atoms with Crippen LogP contribution in [-0.2, 0) is 5.41 Å². The Morgan fingerprint density at radius 3 is 2.40 bits per heavy atom. The number of rotatable bonds is 1. The highest BCUT2D eigenvalue weighted by molar-refractivity contribution is 5.41. The van der Waals surface area contributed by atoms with E-state index in [9.17, 15) is 0 Å². The third-order valence-corrected chi connectivity index (χ3v) is 6.33. The molecule has 4 fully saturated rings. The van der Waals surface area contributed by atoms with Crippen molar-refractivity contribution in [1.29, 1.82) is 0 Å². The monoisotopic (exact) mass is 270 g/mol. The van der Waals surface area contributed by atoms with Crippen LogP contribution in [0, 0.1) is 32.6 Å². The van der Waals surface area contributed by atoms with E-state index in [0.29, 0.717) is 11.5 Å². The van der Waals surface area contributed by atoms with Crippen molar-refractivity contribution >= 4 is 0 Å². The number of aromatic nitrogens is 1. The molecule has 0 radical (unpaired) electrons. The van der Waals surface area contributed by atoms with E-state index >= 15 is 0 Å². The summed E-state index contributed by atoms with van der Waals surface area (Å²) >= 11 is 0. The lowest BCUT2D eigenvalue weighted by Gasteiger charge is -2.62. The predicted octanol–water partition coefficient (Wildman–Crippen LogP) is 3.38. The highest BCUT2D eigenvalue weighted by Crippen LogP contribution is 2.56. The van der Waals surface area contributed by atoms with Gasteiger partial charge in [0.05, 0.1) is 0 Å². The largest absolute Gasteiger partial charge is 0.299 e. The van der Waals surface area contributed by atoms with E-state index in [4.69, 9.17) is 4.98 Å². The van der Waals surface area contributed by atoms with Gasteiger partial charge in [-0.2, -0.15) is 0 Å². The van der Waals surface area contributed by atoms with Gasteiger partial charge in [-0.25, -0.2) is 0 Å². The summed E-state index contributed by atoms with van der Waals surface area (Å²) in [6, 6.07) is 2.99. The number of hydrogen-bond acceptors (Lipinski definition) is 2. The zero-order valence-corrected chi connectivity index (χ0v) is 13.2. The van der Waals surface area contributed by atoms with Crippen LogP contribution < -0.4 is 0 Å². The molecule has 0 spiro atoms. The van der Waals surface area contributed by atoms with Crippen molar-refractivity contribution in [1.82, 2.24) is 9.88 Å². The van der Waals surface area contributed by atoms with E-state index in [2.05, 4.69) is 38.7 Å². The second kappa shape index (κ2) is 4.07. The first kappa shape index (κ1) is 12.8. The molecule has 4 aliphatic rings. The fourth-order valence-corrected chi connectivity index (χ4v) is 5.96. The number of hydrogen-bond donors (Lipinski definition) is 0. The van der Waals surface area contributed by atoms with Crippen molar-refractivity contribution in [3.8, 4) is 0 Å². The van der Waals surface area contributed by atoms with E-state index in [1.165, 1.54) is 49.3 Å². The summed E-state index contributed by atoms with van der Waals surface area (Å²) in [5, 5.41) is 0. The maximum Gasteiger partial charge on any atom is 0.0416 e. The van der Waals surface area contributed by atoms with Crippen LogP contribution in [0.5, 0.6) is 0 Å². The SMILES string of the molecule is Cc1cc(C)c(C23CC4CC(CN(C4)C2C)C3)c(C)n1. The maximum absolute atomic E-state index is 4.81. The molecule has 108 valence electrons. The Morgan fingerprint density at radius 1 is 1.15 bits per heavy atom. The summed E-state index contributed by atoms with van der Waals surface area (Å²) in [6.45, 7) is 11.8. The number of pyridine rings is 1. The van der Waals surface area contributed by atoms with Gasteiger partial charge in [-0.3, -0.25) is 9.88 Å². The maximum atomic E-state index is 4.81. The first-order valence-electron chi connectivity index (χ1n) is 8.19. The van der Waals surface area contributed by atoms with Crippen LogP contribution in [-0.4, -0.2) is 29.0 Å². The average Bonchev–Trinajstić information content (AvgIpc) is 2.33. The molecular formula is C18H26N2. The van der Waals surface area contributed by atoms with Crippen molar-refractivity contribution in [3.05, 3.63) is 28.6 Å². The molecule has 1 saturated carbocycles. The van der Waals surface area contributed by atoms with Gasteiger partial charge in [0.15, 0.2) is 0 Å². The quantitative estimate of drug-likeness (QED) is 0.777. The lowest BCUT2D eigenvalue weighted by Crippen LogP contribution is -2.65. The van der Waals surface area contributed by atoms with Gasteiger partial charge in [0.1, 0.15) is 0 Å². The van der Waals surface area contributed by atoms with Gasteiger partial charge in [-0.1, -0.05) is 0 Å². The smallest absolute Gasteiger partial charge is 0.0416 e. The van der Waals surface area contributed by atoms with Crippen molar-refractivity contribution in [3.63, 3.8) is 0 Å². The molecule has 4 heterocycles. The Labute approximate surface area is 122 Å². The molecule has 3 unspecified atom stereocenters. The Morgan fingerprint density at radius 2 is 1.80 bits per heavy atom. The van der Waals surface area contributed by atoms with Crippen LogP contribution in [0.15, 0.2) is 6.07 Å². The minimum Gasteiger partial charge on any atom is -0.299 e. The van der Waals surface area contributed by atoms with Gasteiger partial charge in [0.25, 0.3) is 0 Å². The fourth-order valence-electron chi connectivity index (χ4n) is 5.96. The molecule has 2 nitrogen and oxygen atoms in total. The lowest BCUT2D eigenvalue weighted by molar-refractivity contribution is -0.0792. The van der Waals surface area contributed by atoms with Crippen LogP contribution >= 0.6 is 0 Å². The molecule has 3 saturated heterocycles. The molecule has 2 heteroatoms. The van der Waals surface area contributed by atoms with E-state index in [-0.39, 0.29) is 0 Å². The summed E-state index contributed by atoms with van der Waals surface area (Å²) in [5.74, 6) is 1.86. The normalized spacial score (nSPS) is 42.2. The summed E-state index contributed by atoms with van der Waals surface area (Å²) in [7, 11) is 0. The molecule has 20 heavy (non-hydrogen) atoms. The Bertz CT molecular complexity index is 526. The fraction of sp³-hybridized carbons (Fsp3) is 0.722. The highest BCUT2D eigenvalue weighted by atomic mass is 15.2. The van der Waals surface area contributed by atoms with Gasteiger partial charge < -0.3 is 0 Å². The first-order chi connectivity index (χ1) is 9.49. The van der Waals surface area contributed by atoms with Crippen LogP contribution in [0.3, 0.4) is 0 Å². The van der Waals surface area contributed by atoms with Gasteiger partial charge in [-0.15, -0.1) is 0 Å². The predicted molar refractivity (Wildman–Crippen MR) is 82.0 cm³/mol. The standard InChI is InChI=1S/C18H26N2/c1-11-5-12(2)19-13(3)17(11)18-7-15-6-16(8-18)10-20(9-15)14(18)4/h5,14-16H,6-10H2,1-4H3. The Balaban J connectivity index is 1.88. The second-order valence-corrected chi connectivity index (χ2v) is 7.70. The van der Waals surface area contributed by atoms with Gasteiger partial charge in [0.2, 0.25) is 0 Å². The number of nitrogens with zero attached hydrogens (tertiary/aromatic N) is 2. The molecular weight excluding hydrogens is 244 g/mol. The van der Waals surface area contributed by atoms with Gasteiger partial charge in [-0.05, 0) is 76.0 Å². The van der Waals surface area contributed by atoms with Crippen molar-refractivity contribution in [2.45, 2.75) is 58.4 Å². The van der Waals surface area contributed by atoms with E-state index in [1.807, 2.05) is 0 Å². The molecule has 0 N–H and O–H groups in total. The average molecular weight is 270 g/mol. The molecule has 4 bridgehead atoms. The van der Waals surface area contributed by atoms with Crippen molar-refractivity contribution < 1.29 is 0 Å². The molecule has 3 aliphatic heterocycles. The lowest BCUT2D eigenvalue weighted by atomic mass is 9.53. The highest BCUT2D eigenvalue weighted by Gasteiger charge is 2.56. The third kappa shape index (κ3) is 1.57. The molecule has 1 aliphatic carbocycles. The molecule has 0 amide bonds. The van der Waals surface area contributed by atoms with Crippen molar-refractivity contribution in [2.75, 3.05) is 13.1 Å². The third-order valence-electron chi connectivity index (χ3n) is 6.33. The van der Waals surface area contributed by atoms with E-state index < -0.39 is 0 Å². The molecule has 5 rings (SSSR count). The minimum absolute atomic E-state index is 0.388. The van der Waals surface area contributed by atoms with Crippen LogP contribution in [0.25, 0.3) is 0 Å². The molecule has 0 aromatic carbocycles. The van der Waals surface area contributed by atoms with Crippen LogP contribution in [0.2, 0.25) is 0 Å². The summed E-state index contributed by atoms with van der Waals surface area (Å²) in [6.07, 6.45) is 4.27. The molecule has 3 atom stereocenters. The van der Waals surface area contributed by atoms with E-state index in [0.717, 1.165) is 11.8 Å². The van der Waals surface area contributed by atoms with Gasteiger partial charge in [0, 0.05) is 35.9 Å². The molecule has 1 aromatic rings. The zero-order chi connectivity index (χ0) is 14.1. The Hall–Kier alpha value is -0.890. The Kier molecular flexibility index (Phi) is 2.61.